The van der Waals surface area contributed by atoms with Gasteiger partial charge in [-0.25, -0.2) is 18.7 Å². The van der Waals surface area contributed by atoms with Gasteiger partial charge in [0.15, 0.2) is 0 Å². The largest absolute Gasteiger partial charge is 0.331 e. The molecule has 0 amide bonds. The first-order valence-corrected chi connectivity index (χ1v) is 12.2. The molecular formula is C29H33F2N5. The first kappa shape index (κ1) is 25.5. The van der Waals surface area contributed by atoms with Gasteiger partial charge in [-0.15, -0.1) is 0 Å². The maximum atomic E-state index is 12.9. The Kier molecular flexibility index (Phi) is 7.50. The van der Waals surface area contributed by atoms with Gasteiger partial charge in [-0.1, -0.05) is 19.1 Å². The Bertz CT molecular complexity index is 1330. The first-order chi connectivity index (χ1) is 17.1. The molecule has 7 heteroatoms. The van der Waals surface area contributed by atoms with E-state index in [1.54, 1.807) is 24.3 Å². The molecule has 0 saturated heterocycles. The van der Waals surface area contributed by atoms with E-state index in [1.165, 1.54) is 24.3 Å². The van der Waals surface area contributed by atoms with Crippen molar-refractivity contribution in [2.24, 2.45) is 0 Å². The van der Waals surface area contributed by atoms with E-state index in [0.29, 0.717) is 0 Å². The van der Waals surface area contributed by atoms with Crippen LogP contribution in [0.5, 0.6) is 0 Å². The molecule has 1 aliphatic rings. The average molecular weight is 490 g/mol. The third-order valence-corrected chi connectivity index (χ3v) is 6.05. The van der Waals surface area contributed by atoms with Gasteiger partial charge < -0.3 is 14.5 Å². The van der Waals surface area contributed by atoms with Crippen molar-refractivity contribution in [3.05, 3.63) is 96.4 Å². The molecule has 2 aromatic heterocycles. The lowest BCUT2D eigenvalue weighted by Crippen LogP contribution is -2.47. The van der Waals surface area contributed by atoms with Crippen molar-refractivity contribution in [1.82, 2.24) is 24.4 Å². The van der Waals surface area contributed by atoms with Gasteiger partial charge in [0.1, 0.15) is 23.3 Å². The smallest absolute Gasteiger partial charge is 0.123 e. The molecule has 0 unspecified atom stereocenters. The van der Waals surface area contributed by atoms with E-state index in [-0.39, 0.29) is 17.2 Å². The minimum atomic E-state index is -0.226. The molecule has 36 heavy (non-hydrogen) atoms. The number of nitrogens with one attached hydrogen (secondary N) is 1. The Morgan fingerprint density at radius 2 is 1.50 bits per heavy atom. The van der Waals surface area contributed by atoms with Gasteiger partial charge >= 0.3 is 0 Å². The summed E-state index contributed by atoms with van der Waals surface area (Å²) in [7, 11) is 0. The number of allylic oxidation sites excluding steroid dienone is 1. The quantitative estimate of drug-likeness (QED) is 0.330. The fourth-order valence-corrected chi connectivity index (χ4v) is 4.22. The van der Waals surface area contributed by atoms with Crippen LogP contribution in [0.25, 0.3) is 22.5 Å². The Morgan fingerprint density at radius 1 is 0.944 bits per heavy atom. The summed E-state index contributed by atoms with van der Waals surface area (Å²) in [5, 5.41) is 3.45. The number of halogens is 2. The standard InChI is InChI=1S/C15H17FN2.C14H16FN3/c1-4-15-17-14(10-18(15)9-11(2)3)12-5-7-13(16)8-6-12;1-14(2)9-18-8-12(17-13(18)7-16-14)10-3-5-11(15)6-4-10/h5-8,10H,2,4,9H2,1,3H3;3-6,8,16H,7,9H2,1-2H3. The van der Waals surface area contributed by atoms with Crippen LogP contribution in [0, 0.1) is 11.6 Å². The molecule has 188 valence electrons. The summed E-state index contributed by atoms with van der Waals surface area (Å²) >= 11 is 0. The predicted molar refractivity (Wildman–Crippen MR) is 140 cm³/mol. The minimum absolute atomic E-state index is 0.0910. The number of fused-ring (bicyclic) bond motifs is 1. The van der Waals surface area contributed by atoms with E-state index >= 15 is 0 Å². The molecule has 0 fully saturated rings. The van der Waals surface area contributed by atoms with Gasteiger partial charge in [0.25, 0.3) is 0 Å². The molecule has 0 atom stereocenters. The number of aromatic nitrogens is 4. The van der Waals surface area contributed by atoms with Crippen LogP contribution in [0.1, 0.15) is 39.3 Å². The Hall–Kier alpha value is -3.58. The maximum absolute atomic E-state index is 12.9. The normalized spacial score (nSPS) is 14.1. The maximum Gasteiger partial charge on any atom is 0.123 e. The van der Waals surface area contributed by atoms with Gasteiger partial charge in [-0.3, -0.25) is 0 Å². The zero-order valence-corrected chi connectivity index (χ0v) is 21.4. The highest BCUT2D eigenvalue weighted by Gasteiger charge is 2.25. The zero-order chi connectivity index (χ0) is 25.9. The van der Waals surface area contributed by atoms with Crippen molar-refractivity contribution in [3.8, 4) is 22.5 Å². The summed E-state index contributed by atoms with van der Waals surface area (Å²) in [5.41, 5.74) is 4.86. The second-order valence-electron chi connectivity index (χ2n) is 9.90. The molecule has 2 aromatic carbocycles. The monoisotopic (exact) mass is 489 g/mol. The molecule has 5 rings (SSSR count). The topological polar surface area (TPSA) is 47.7 Å². The summed E-state index contributed by atoms with van der Waals surface area (Å²) in [6.45, 7) is 14.8. The molecule has 5 nitrogen and oxygen atoms in total. The van der Waals surface area contributed by atoms with Crippen LogP contribution < -0.4 is 5.32 Å². The van der Waals surface area contributed by atoms with Gasteiger partial charge in [-0.2, -0.15) is 0 Å². The summed E-state index contributed by atoms with van der Waals surface area (Å²) in [6.07, 6.45) is 4.92. The van der Waals surface area contributed by atoms with Crippen LogP contribution in [0.3, 0.4) is 0 Å². The van der Waals surface area contributed by atoms with Crippen molar-refractivity contribution in [3.63, 3.8) is 0 Å². The Balaban J connectivity index is 0.000000169. The third-order valence-electron chi connectivity index (χ3n) is 6.05. The number of aryl methyl sites for hydroxylation is 1. The SMILES string of the molecule is C=C(C)Cn1cc(-c2ccc(F)cc2)nc1CC.CC1(C)Cn2cc(-c3ccc(F)cc3)nc2CN1. The summed E-state index contributed by atoms with van der Waals surface area (Å²) in [6, 6.07) is 12.9. The lowest BCUT2D eigenvalue weighted by atomic mass is 10.0. The van der Waals surface area contributed by atoms with Crippen molar-refractivity contribution >= 4 is 0 Å². The fourth-order valence-electron chi connectivity index (χ4n) is 4.22. The van der Waals surface area contributed by atoms with E-state index < -0.39 is 0 Å². The average Bonchev–Trinajstić information content (AvgIpc) is 3.43. The zero-order valence-electron chi connectivity index (χ0n) is 21.4. The van der Waals surface area contributed by atoms with E-state index in [2.05, 4.69) is 51.8 Å². The lowest BCUT2D eigenvalue weighted by molar-refractivity contribution is 0.290. The van der Waals surface area contributed by atoms with Crippen LogP contribution >= 0.6 is 0 Å². The van der Waals surface area contributed by atoms with Crippen molar-refractivity contribution < 1.29 is 8.78 Å². The van der Waals surface area contributed by atoms with Gasteiger partial charge in [0.2, 0.25) is 0 Å². The molecule has 0 spiro atoms. The molecule has 1 aliphatic heterocycles. The number of benzene rings is 2. The molecule has 0 saturated carbocycles. The molecule has 1 N–H and O–H groups in total. The number of nitrogens with zero attached hydrogens (tertiary/aromatic N) is 4. The van der Waals surface area contributed by atoms with Crippen LogP contribution in [-0.4, -0.2) is 24.6 Å². The molecular weight excluding hydrogens is 456 g/mol. The number of rotatable bonds is 5. The summed E-state index contributed by atoms with van der Waals surface area (Å²) in [4.78, 5) is 9.18. The Morgan fingerprint density at radius 3 is 2.03 bits per heavy atom. The lowest BCUT2D eigenvalue weighted by Gasteiger charge is -2.31. The third kappa shape index (κ3) is 6.15. The number of hydrogen-bond donors (Lipinski definition) is 1. The van der Waals surface area contributed by atoms with Crippen LogP contribution in [-0.2, 0) is 26.1 Å². The first-order valence-electron chi connectivity index (χ1n) is 12.2. The fraction of sp³-hybridized carbons (Fsp3) is 0.310. The molecule has 4 aromatic rings. The molecule has 0 bridgehead atoms. The number of hydrogen-bond acceptors (Lipinski definition) is 3. The van der Waals surface area contributed by atoms with Crippen molar-refractivity contribution in [1.29, 1.82) is 0 Å². The van der Waals surface area contributed by atoms with Crippen LogP contribution in [0.4, 0.5) is 8.78 Å². The molecule has 0 radical (unpaired) electrons. The molecule has 3 heterocycles. The predicted octanol–water partition coefficient (Wildman–Crippen LogP) is 6.40. The second kappa shape index (κ2) is 10.6. The molecule has 0 aliphatic carbocycles. The van der Waals surface area contributed by atoms with Crippen molar-refractivity contribution in [2.45, 2.75) is 59.3 Å². The van der Waals surface area contributed by atoms with E-state index in [9.17, 15) is 8.78 Å². The highest BCUT2D eigenvalue weighted by Crippen LogP contribution is 2.23. The summed E-state index contributed by atoms with van der Waals surface area (Å²) < 4.78 is 30.1. The van der Waals surface area contributed by atoms with Crippen molar-refractivity contribution in [2.75, 3.05) is 0 Å². The summed E-state index contributed by atoms with van der Waals surface area (Å²) in [5.74, 6) is 1.62. The highest BCUT2D eigenvalue weighted by molar-refractivity contribution is 5.59. The van der Waals surface area contributed by atoms with Crippen LogP contribution in [0.15, 0.2) is 73.1 Å². The minimum Gasteiger partial charge on any atom is -0.331 e. The highest BCUT2D eigenvalue weighted by atomic mass is 19.1. The number of imidazole rings is 2. The van der Waals surface area contributed by atoms with E-state index in [1.807, 2.05) is 19.3 Å². The van der Waals surface area contributed by atoms with E-state index in [0.717, 1.165) is 65.8 Å². The van der Waals surface area contributed by atoms with E-state index in [4.69, 9.17) is 0 Å². The van der Waals surface area contributed by atoms with Crippen LogP contribution in [0.2, 0.25) is 0 Å². The van der Waals surface area contributed by atoms with Gasteiger partial charge in [0, 0.05) is 48.6 Å². The van der Waals surface area contributed by atoms with Gasteiger partial charge in [-0.05, 0) is 69.3 Å². The van der Waals surface area contributed by atoms with Gasteiger partial charge in [0.05, 0.1) is 17.9 Å². The Labute approximate surface area is 211 Å². The second-order valence-corrected chi connectivity index (χ2v) is 9.90.